The summed E-state index contributed by atoms with van der Waals surface area (Å²) >= 11 is 0. The lowest BCUT2D eigenvalue weighted by atomic mass is 10.1. The van der Waals surface area contributed by atoms with E-state index in [0.29, 0.717) is 30.0 Å². The van der Waals surface area contributed by atoms with Crippen molar-refractivity contribution >= 4 is 11.8 Å². The maximum absolute atomic E-state index is 13.7. The predicted octanol–water partition coefficient (Wildman–Crippen LogP) is 0.741. The van der Waals surface area contributed by atoms with E-state index in [9.17, 15) is 14.0 Å². The summed E-state index contributed by atoms with van der Waals surface area (Å²) in [6.45, 7) is 1.06. The van der Waals surface area contributed by atoms with Gasteiger partial charge in [-0.2, -0.15) is 10.2 Å². The lowest BCUT2D eigenvalue weighted by Gasteiger charge is -2.25. The Morgan fingerprint density at radius 3 is 2.68 bits per heavy atom. The van der Waals surface area contributed by atoms with E-state index in [0.717, 1.165) is 0 Å². The van der Waals surface area contributed by atoms with Crippen LogP contribution in [0.1, 0.15) is 5.69 Å². The third-order valence-electron chi connectivity index (χ3n) is 3.37. The number of nitrogens with one attached hydrogen (secondary N) is 1. The maximum atomic E-state index is 13.7. The highest BCUT2D eigenvalue weighted by Crippen LogP contribution is 2.19. The number of nitrogens with zero attached hydrogens (tertiary/aromatic N) is 3. The number of halogens is 1. The number of rotatable bonds is 3. The van der Waals surface area contributed by atoms with Crippen molar-refractivity contribution in [3.05, 3.63) is 47.9 Å². The second-order valence-corrected chi connectivity index (χ2v) is 4.87. The van der Waals surface area contributed by atoms with Gasteiger partial charge in [0, 0.05) is 18.7 Å². The molecule has 0 saturated carbocycles. The van der Waals surface area contributed by atoms with E-state index in [2.05, 4.69) is 15.5 Å². The van der Waals surface area contributed by atoms with E-state index in [4.69, 9.17) is 0 Å². The number of piperazine rings is 1. The summed E-state index contributed by atoms with van der Waals surface area (Å²) in [5.41, 5.74) is 1.34. The van der Waals surface area contributed by atoms with Crippen LogP contribution >= 0.6 is 0 Å². The number of carbonyl (C=O) groups is 2. The highest BCUT2D eigenvalue weighted by Gasteiger charge is 2.26. The Morgan fingerprint density at radius 1 is 1.14 bits per heavy atom. The van der Waals surface area contributed by atoms with Crippen molar-refractivity contribution in [1.29, 1.82) is 0 Å². The highest BCUT2D eigenvalue weighted by molar-refractivity contribution is 6.35. The fraction of sp³-hybridized carbons (Fsp3) is 0.200. The number of amides is 2. The minimum absolute atomic E-state index is 0.205. The van der Waals surface area contributed by atoms with E-state index >= 15 is 0 Å². The topological polar surface area (TPSA) is 75.2 Å². The zero-order valence-corrected chi connectivity index (χ0v) is 11.6. The average Bonchev–Trinajstić information content (AvgIpc) is 2.53. The Balaban J connectivity index is 1.76. The molecule has 2 heterocycles. The third-order valence-corrected chi connectivity index (χ3v) is 3.37. The minimum atomic E-state index is -0.609. The van der Waals surface area contributed by atoms with Crippen LogP contribution in [0.4, 0.5) is 4.39 Å². The van der Waals surface area contributed by atoms with Gasteiger partial charge in [-0.15, -0.1) is 0 Å². The SMILES string of the molecule is O=C1NCCN(Cc2ccc(-c3ccccc3F)nn2)C1=O. The van der Waals surface area contributed by atoms with Gasteiger partial charge in [-0.05, 0) is 24.3 Å². The molecule has 0 atom stereocenters. The van der Waals surface area contributed by atoms with Gasteiger partial charge >= 0.3 is 11.8 Å². The van der Waals surface area contributed by atoms with Crippen molar-refractivity contribution < 1.29 is 14.0 Å². The number of benzene rings is 1. The molecule has 0 aliphatic carbocycles. The van der Waals surface area contributed by atoms with Crippen molar-refractivity contribution in [2.45, 2.75) is 6.54 Å². The summed E-state index contributed by atoms with van der Waals surface area (Å²) in [6.07, 6.45) is 0. The molecule has 1 aromatic carbocycles. The Morgan fingerprint density at radius 2 is 1.95 bits per heavy atom. The summed E-state index contributed by atoms with van der Waals surface area (Å²) in [4.78, 5) is 24.4. The molecule has 7 heteroatoms. The number of hydrogen-bond donors (Lipinski definition) is 1. The molecule has 0 radical (unpaired) electrons. The zero-order chi connectivity index (χ0) is 15.5. The molecule has 0 spiro atoms. The van der Waals surface area contributed by atoms with Gasteiger partial charge in [-0.25, -0.2) is 4.39 Å². The Kier molecular flexibility index (Phi) is 3.78. The van der Waals surface area contributed by atoms with Gasteiger partial charge in [0.15, 0.2) is 0 Å². The van der Waals surface area contributed by atoms with Crippen LogP contribution in [0.15, 0.2) is 36.4 Å². The number of carbonyl (C=O) groups excluding carboxylic acids is 2. The molecule has 1 aromatic heterocycles. The first-order valence-electron chi connectivity index (χ1n) is 6.80. The summed E-state index contributed by atoms with van der Waals surface area (Å²) in [7, 11) is 0. The first-order chi connectivity index (χ1) is 10.6. The monoisotopic (exact) mass is 300 g/mol. The fourth-order valence-corrected chi connectivity index (χ4v) is 2.23. The van der Waals surface area contributed by atoms with Crippen LogP contribution in [0.5, 0.6) is 0 Å². The minimum Gasteiger partial charge on any atom is -0.346 e. The first kappa shape index (κ1) is 14.1. The molecule has 1 saturated heterocycles. The maximum Gasteiger partial charge on any atom is 0.312 e. The molecule has 3 rings (SSSR count). The Labute approximate surface area is 126 Å². The largest absolute Gasteiger partial charge is 0.346 e. The van der Waals surface area contributed by atoms with Gasteiger partial charge in [0.05, 0.1) is 17.9 Å². The predicted molar refractivity (Wildman–Crippen MR) is 75.9 cm³/mol. The smallest absolute Gasteiger partial charge is 0.312 e. The van der Waals surface area contributed by atoms with Crippen LogP contribution in [-0.2, 0) is 16.1 Å². The standard InChI is InChI=1S/C15H13FN4O2/c16-12-4-2-1-3-11(12)13-6-5-10(18-19-13)9-20-8-7-17-14(21)15(20)22/h1-6H,7-9H2,(H,17,21). The van der Waals surface area contributed by atoms with Gasteiger partial charge in [0.2, 0.25) is 0 Å². The van der Waals surface area contributed by atoms with Crippen molar-refractivity contribution in [2.24, 2.45) is 0 Å². The van der Waals surface area contributed by atoms with Gasteiger partial charge in [-0.3, -0.25) is 9.59 Å². The number of hydrogen-bond acceptors (Lipinski definition) is 4. The van der Waals surface area contributed by atoms with E-state index < -0.39 is 11.8 Å². The van der Waals surface area contributed by atoms with Crippen molar-refractivity contribution in [2.75, 3.05) is 13.1 Å². The van der Waals surface area contributed by atoms with Crippen LogP contribution in [0.3, 0.4) is 0 Å². The second-order valence-electron chi connectivity index (χ2n) is 4.87. The molecule has 1 N–H and O–H groups in total. The lowest BCUT2D eigenvalue weighted by Crippen LogP contribution is -2.51. The van der Waals surface area contributed by atoms with E-state index in [1.54, 1.807) is 30.3 Å². The molecular formula is C15H13FN4O2. The van der Waals surface area contributed by atoms with E-state index in [1.807, 2.05) is 0 Å². The number of aromatic nitrogens is 2. The molecule has 2 amide bonds. The lowest BCUT2D eigenvalue weighted by molar-refractivity contribution is -0.148. The molecule has 1 fully saturated rings. The van der Waals surface area contributed by atoms with Crippen molar-refractivity contribution in [1.82, 2.24) is 20.4 Å². The van der Waals surface area contributed by atoms with Crippen molar-refractivity contribution in [3.8, 4) is 11.3 Å². The Hall–Kier alpha value is -2.83. The molecule has 2 aromatic rings. The van der Waals surface area contributed by atoms with Crippen LogP contribution in [0, 0.1) is 5.82 Å². The zero-order valence-electron chi connectivity index (χ0n) is 11.6. The fourth-order valence-electron chi connectivity index (χ4n) is 2.23. The van der Waals surface area contributed by atoms with Gasteiger partial charge < -0.3 is 10.2 Å². The highest BCUT2D eigenvalue weighted by atomic mass is 19.1. The normalized spacial score (nSPS) is 14.9. The molecule has 6 nitrogen and oxygen atoms in total. The summed E-state index contributed by atoms with van der Waals surface area (Å²) in [6, 6.07) is 9.63. The Bertz CT molecular complexity index is 718. The molecule has 1 aliphatic heterocycles. The molecule has 112 valence electrons. The van der Waals surface area contributed by atoms with E-state index in [-0.39, 0.29) is 12.4 Å². The van der Waals surface area contributed by atoms with Crippen molar-refractivity contribution in [3.63, 3.8) is 0 Å². The summed E-state index contributed by atoms with van der Waals surface area (Å²) < 4.78 is 13.7. The summed E-state index contributed by atoms with van der Waals surface area (Å²) in [5.74, 6) is -1.55. The molecule has 1 aliphatic rings. The van der Waals surface area contributed by atoms with E-state index in [1.165, 1.54) is 11.0 Å². The second kappa shape index (κ2) is 5.88. The summed E-state index contributed by atoms with van der Waals surface area (Å²) in [5, 5.41) is 10.5. The molecular weight excluding hydrogens is 287 g/mol. The van der Waals surface area contributed by atoms with Gasteiger partial charge in [0.25, 0.3) is 0 Å². The van der Waals surface area contributed by atoms with Crippen LogP contribution in [0.2, 0.25) is 0 Å². The van der Waals surface area contributed by atoms with Crippen LogP contribution in [-0.4, -0.2) is 40.0 Å². The quantitative estimate of drug-likeness (QED) is 0.848. The van der Waals surface area contributed by atoms with Crippen LogP contribution < -0.4 is 5.32 Å². The van der Waals surface area contributed by atoms with Gasteiger partial charge in [0.1, 0.15) is 5.82 Å². The average molecular weight is 300 g/mol. The first-order valence-corrected chi connectivity index (χ1v) is 6.80. The van der Waals surface area contributed by atoms with Crippen LogP contribution in [0.25, 0.3) is 11.3 Å². The van der Waals surface area contributed by atoms with Gasteiger partial charge in [-0.1, -0.05) is 12.1 Å². The molecule has 0 unspecified atom stereocenters. The third kappa shape index (κ3) is 2.78. The molecule has 0 bridgehead atoms. The molecule has 22 heavy (non-hydrogen) atoms.